The van der Waals surface area contributed by atoms with Crippen molar-refractivity contribution in [2.75, 3.05) is 0 Å². The van der Waals surface area contributed by atoms with E-state index < -0.39 is 0 Å². The Morgan fingerprint density at radius 2 is 2.00 bits per heavy atom. The summed E-state index contributed by atoms with van der Waals surface area (Å²) in [6.45, 7) is 0. The molecule has 128 valence electrons. The lowest BCUT2D eigenvalue weighted by Crippen LogP contribution is -2.53. The first-order chi connectivity index (χ1) is 11.6. The Labute approximate surface area is 150 Å². The third-order valence-electron chi connectivity index (χ3n) is 5.50. The molecule has 6 heteroatoms. The number of amides is 1. The van der Waals surface area contributed by atoms with Crippen molar-refractivity contribution in [2.24, 2.45) is 17.6 Å². The second-order valence-electron chi connectivity index (χ2n) is 7.07. The van der Waals surface area contributed by atoms with E-state index in [1.54, 1.807) is 6.20 Å². The summed E-state index contributed by atoms with van der Waals surface area (Å²) in [5, 5.41) is 3.32. The Morgan fingerprint density at radius 3 is 2.67 bits per heavy atom. The van der Waals surface area contributed by atoms with Crippen LogP contribution < -0.4 is 11.1 Å². The molecule has 4 nitrogen and oxygen atoms in total. The van der Waals surface area contributed by atoms with Crippen molar-refractivity contribution >= 4 is 28.8 Å². The van der Waals surface area contributed by atoms with Gasteiger partial charge in [-0.15, -0.1) is 11.3 Å². The zero-order valence-electron chi connectivity index (χ0n) is 13.4. The van der Waals surface area contributed by atoms with Crippen LogP contribution >= 0.6 is 22.9 Å². The maximum absolute atomic E-state index is 12.9. The molecule has 2 bridgehead atoms. The van der Waals surface area contributed by atoms with Crippen molar-refractivity contribution < 1.29 is 4.79 Å². The summed E-state index contributed by atoms with van der Waals surface area (Å²) in [6.07, 6.45) is 9.32. The number of nitrogens with one attached hydrogen (secondary N) is 2. The molecule has 0 saturated heterocycles. The van der Waals surface area contributed by atoms with E-state index in [9.17, 15) is 4.79 Å². The number of H-pyrrole nitrogens is 1. The largest absolute Gasteiger partial charge is 0.366 e. The second-order valence-corrected chi connectivity index (χ2v) is 8.78. The number of fused-ring (bicyclic) bond motifs is 2. The molecule has 0 aromatic carbocycles. The average Bonchev–Trinajstić information content (AvgIpc) is 3.16. The van der Waals surface area contributed by atoms with E-state index in [1.165, 1.54) is 30.6 Å². The molecular formula is C18H22ClN3OS. The predicted octanol–water partition coefficient (Wildman–Crippen LogP) is 4.03. The van der Waals surface area contributed by atoms with E-state index in [2.05, 4.69) is 10.3 Å². The van der Waals surface area contributed by atoms with Crippen LogP contribution in [-0.2, 0) is 0 Å². The van der Waals surface area contributed by atoms with Crippen LogP contribution in [0.2, 0.25) is 4.34 Å². The first-order valence-electron chi connectivity index (χ1n) is 8.60. The topological polar surface area (TPSA) is 70.9 Å². The third kappa shape index (κ3) is 3.01. The van der Waals surface area contributed by atoms with Gasteiger partial charge in [-0.3, -0.25) is 4.79 Å². The van der Waals surface area contributed by atoms with Crippen molar-refractivity contribution in [1.82, 2.24) is 10.3 Å². The van der Waals surface area contributed by atoms with Gasteiger partial charge < -0.3 is 16.0 Å². The zero-order valence-corrected chi connectivity index (χ0v) is 15.0. The summed E-state index contributed by atoms with van der Waals surface area (Å²) in [6, 6.07) is 4.38. The Hall–Kier alpha value is -1.30. The molecule has 4 N–H and O–H groups in total. The summed E-state index contributed by atoms with van der Waals surface area (Å²) in [7, 11) is 0. The summed E-state index contributed by atoms with van der Waals surface area (Å²) < 4.78 is 0.730. The number of hydrogen-bond acceptors (Lipinski definition) is 3. The summed E-state index contributed by atoms with van der Waals surface area (Å²) in [5.41, 5.74) is 7.80. The van der Waals surface area contributed by atoms with Crippen molar-refractivity contribution in [3.05, 3.63) is 34.4 Å². The molecule has 0 radical (unpaired) electrons. The van der Waals surface area contributed by atoms with E-state index in [4.69, 9.17) is 17.3 Å². The Bertz CT molecular complexity index is 726. The van der Waals surface area contributed by atoms with Crippen molar-refractivity contribution in [1.29, 1.82) is 0 Å². The first kappa shape index (κ1) is 16.2. The predicted molar refractivity (Wildman–Crippen MR) is 98.4 cm³/mol. The van der Waals surface area contributed by atoms with E-state index >= 15 is 0 Å². The quantitative estimate of drug-likeness (QED) is 0.770. The number of nitrogens with two attached hydrogens (primary N) is 1. The molecule has 2 aliphatic rings. The molecule has 2 aromatic rings. The molecule has 24 heavy (non-hydrogen) atoms. The summed E-state index contributed by atoms with van der Waals surface area (Å²) in [4.78, 5) is 17.0. The number of aromatic amines is 1. The van der Waals surface area contributed by atoms with Gasteiger partial charge in [0.15, 0.2) is 0 Å². The van der Waals surface area contributed by atoms with Gasteiger partial charge in [-0.05, 0) is 49.7 Å². The van der Waals surface area contributed by atoms with E-state index in [0.29, 0.717) is 23.4 Å². The SMILES string of the molecule is NC1CC2CCCC(C1)C2NC(=O)c1c[nH]cc1-c1ccc(Cl)s1. The van der Waals surface area contributed by atoms with Crippen LogP contribution in [0.4, 0.5) is 0 Å². The number of hydrogen-bond donors (Lipinski definition) is 3. The number of halogens is 1. The molecule has 4 rings (SSSR count). The highest BCUT2D eigenvalue weighted by Crippen LogP contribution is 2.40. The maximum Gasteiger partial charge on any atom is 0.253 e. The molecule has 2 aliphatic carbocycles. The molecule has 2 unspecified atom stereocenters. The van der Waals surface area contributed by atoms with Gasteiger partial charge in [0.25, 0.3) is 5.91 Å². The monoisotopic (exact) mass is 363 g/mol. The fraction of sp³-hybridized carbons (Fsp3) is 0.500. The van der Waals surface area contributed by atoms with Gasteiger partial charge in [0.2, 0.25) is 0 Å². The van der Waals surface area contributed by atoms with Crippen LogP contribution in [0, 0.1) is 11.8 Å². The molecule has 2 atom stereocenters. The van der Waals surface area contributed by atoms with Crippen LogP contribution in [0.5, 0.6) is 0 Å². The van der Waals surface area contributed by atoms with Crippen LogP contribution in [-0.4, -0.2) is 23.0 Å². The molecule has 0 aliphatic heterocycles. The van der Waals surface area contributed by atoms with Crippen LogP contribution in [0.1, 0.15) is 42.5 Å². The first-order valence-corrected chi connectivity index (χ1v) is 9.80. The minimum atomic E-state index is 0.00754. The van der Waals surface area contributed by atoms with Gasteiger partial charge in [0.1, 0.15) is 0 Å². The zero-order chi connectivity index (χ0) is 16.7. The molecule has 1 amide bonds. The highest BCUT2D eigenvalue weighted by molar-refractivity contribution is 7.19. The number of rotatable bonds is 3. The lowest BCUT2D eigenvalue weighted by molar-refractivity contribution is 0.0756. The van der Waals surface area contributed by atoms with E-state index in [0.717, 1.165) is 27.6 Å². The highest BCUT2D eigenvalue weighted by Gasteiger charge is 2.40. The minimum absolute atomic E-state index is 0.00754. The highest BCUT2D eigenvalue weighted by atomic mass is 35.5. The number of carbonyl (C=O) groups is 1. The minimum Gasteiger partial charge on any atom is -0.366 e. The number of carbonyl (C=O) groups excluding carboxylic acids is 1. The normalized spacial score (nSPS) is 29.4. The molecule has 2 fully saturated rings. The van der Waals surface area contributed by atoms with Gasteiger partial charge >= 0.3 is 0 Å². The lowest BCUT2D eigenvalue weighted by atomic mass is 9.67. The Kier molecular flexibility index (Phi) is 4.41. The summed E-state index contributed by atoms with van der Waals surface area (Å²) >= 11 is 7.53. The number of thiophene rings is 1. The molecule has 0 spiro atoms. The van der Waals surface area contributed by atoms with Gasteiger partial charge in [-0.1, -0.05) is 18.0 Å². The van der Waals surface area contributed by atoms with Gasteiger partial charge in [0, 0.05) is 34.9 Å². The van der Waals surface area contributed by atoms with Crippen molar-refractivity contribution in [3.8, 4) is 10.4 Å². The third-order valence-corrected chi connectivity index (χ3v) is 6.77. The Morgan fingerprint density at radius 1 is 1.25 bits per heavy atom. The van der Waals surface area contributed by atoms with Crippen LogP contribution in [0.3, 0.4) is 0 Å². The standard InChI is InChI=1S/C18H22ClN3OS/c19-16-5-4-15(24-16)13-8-21-9-14(13)18(23)22-17-10-2-1-3-11(17)7-12(20)6-10/h4-5,8-12,17,21H,1-3,6-7,20H2,(H,22,23). The summed E-state index contributed by atoms with van der Waals surface area (Å²) in [5.74, 6) is 1.05. The van der Waals surface area contributed by atoms with E-state index in [-0.39, 0.29) is 11.9 Å². The molecule has 2 heterocycles. The van der Waals surface area contributed by atoms with Crippen LogP contribution in [0.15, 0.2) is 24.5 Å². The van der Waals surface area contributed by atoms with Gasteiger partial charge in [-0.2, -0.15) is 0 Å². The molecular weight excluding hydrogens is 342 g/mol. The van der Waals surface area contributed by atoms with Crippen molar-refractivity contribution in [3.63, 3.8) is 0 Å². The van der Waals surface area contributed by atoms with Gasteiger partial charge in [-0.25, -0.2) is 0 Å². The smallest absolute Gasteiger partial charge is 0.253 e. The van der Waals surface area contributed by atoms with E-state index in [1.807, 2.05) is 18.3 Å². The maximum atomic E-state index is 12.9. The molecule has 2 saturated carbocycles. The second kappa shape index (κ2) is 6.54. The number of aromatic nitrogens is 1. The van der Waals surface area contributed by atoms with Crippen LogP contribution in [0.25, 0.3) is 10.4 Å². The lowest BCUT2D eigenvalue weighted by Gasteiger charge is -2.45. The van der Waals surface area contributed by atoms with Crippen molar-refractivity contribution in [2.45, 2.75) is 44.2 Å². The average molecular weight is 364 g/mol. The Balaban J connectivity index is 1.54. The molecule has 2 aromatic heterocycles. The fourth-order valence-electron chi connectivity index (χ4n) is 4.47. The fourth-order valence-corrected chi connectivity index (χ4v) is 5.54. The van der Waals surface area contributed by atoms with Gasteiger partial charge in [0.05, 0.1) is 9.90 Å².